The van der Waals surface area contributed by atoms with Crippen LogP contribution in [-0.4, -0.2) is 50.6 Å². The van der Waals surface area contributed by atoms with Crippen molar-refractivity contribution in [3.63, 3.8) is 0 Å². The van der Waals surface area contributed by atoms with Gasteiger partial charge in [0.15, 0.2) is 0 Å². The molecule has 148 valence electrons. The zero-order valence-corrected chi connectivity index (χ0v) is 15.1. The number of benzene rings is 1. The van der Waals surface area contributed by atoms with E-state index in [1.807, 2.05) is 6.07 Å². The number of piperidine rings is 1. The second-order valence-electron chi connectivity index (χ2n) is 6.93. The number of nitriles is 1. The van der Waals surface area contributed by atoms with Gasteiger partial charge in [-0.3, -0.25) is 4.79 Å². The fourth-order valence-electron chi connectivity index (χ4n) is 3.38. The maximum Gasteiger partial charge on any atom is 0.426 e. The highest BCUT2D eigenvalue weighted by molar-refractivity contribution is 5.85. The lowest BCUT2D eigenvalue weighted by Gasteiger charge is -2.36. The number of carbonyl (C=O) groups excluding carboxylic acids is 1. The monoisotopic (exact) mass is 392 g/mol. The third-order valence-corrected chi connectivity index (χ3v) is 5.09. The topological polar surface area (TPSA) is 82.2 Å². The number of aliphatic hydroxyl groups is 1. The number of carbonyl (C=O) groups is 1. The minimum Gasteiger partial charge on any atom is -0.373 e. The molecule has 3 rings (SSSR count). The number of halogens is 3. The van der Waals surface area contributed by atoms with Crippen LogP contribution in [0, 0.1) is 11.3 Å². The Morgan fingerprint density at radius 1 is 1.25 bits per heavy atom. The second-order valence-corrected chi connectivity index (χ2v) is 6.93. The highest BCUT2D eigenvalue weighted by Crippen LogP contribution is 2.35. The molecule has 9 heteroatoms. The molecule has 1 N–H and O–H groups in total. The smallest absolute Gasteiger partial charge is 0.373 e. The van der Waals surface area contributed by atoms with Gasteiger partial charge in [0.1, 0.15) is 6.07 Å². The van der Waals surface area contributed by atoms with Crippen LogP contribution in [0.15, 0.2) is 36.5 Å². The Balaban J connectivity index is 1.76. The first-order chi connectivity index (χ1) is 13.2. The van der Waals surface area contributed by atoms with E-state index in [4.69, 9.17) is 0 Å². The Labute approximate surface area is 159 Å². The van der Waals surface area contributed by atoms with Gasteiger partial charge in [-0.15, -0.1) is 0 Å². The van der Waals surface area contributed by atoms with E-state index < -0.39 is 17.7 Å². The number of aromatic nitrogens is 2. The molecular weight excluding hydrogens is 373 g/mol. The summed E-state index contributed by atoms with van der Waals surface area (Å²) in [5, 5.41) is 23.2. The van der Waals surface area contributed by atoms with E-state index in [1.54, 1.807) is 35.1 Å². The molecule has 1 fully saturated rings. The Kier molecular flexibility index (Phi) is 5.17. The Morgan fingerprint density at radius 3 is 2.50 bits per heavy atom. The summed E-state index contributed by atoms with van der Waals surface area (Å²) < 4.78 is 40.4. The molecule has 0 bridgehead atoms. The fraction of sp³-hybridized carbons (Fsp3) is 0.421. The average molecular weight is 392 g/mol. The van der Waals surface area contributed by atoms with Crippen molar-refractivity contribution in [2.24, 2.45) is 0 Å². The van der Waals surface area contributed by atoms with Gasteiger partial charge in [-0.05, 0) is 38.0 Å². The molecule has 2 aromatic rings. The number of likely N-dealkylation sites (tertiary alicyclic amines) is 1. The van der Waals surface area contributed by atoms with Crippen LogP contribution in [0.1, 0.15) is 36.9 Å². The van der Waals surface area contributed by atoms with E-state index in [9.17, 15) is 28.3 Å². The number of hydrogen-bond acceptors (Lipinski definition) is 4. The molecule has 1 unspecified atom stereocenters. The minimum atomic E-state index is -5.03. The summed E-state index contributed by atoms with van der Waals surface area (Å²) in [5.41, 5.74) is -1.48. The van der Waals surface area contributed by atoms with Gasteiger partial charge < -0.3 is 10.0 Å². The van der Waals surface area contributed by atoms with Crippen molar-refractivity contribution in [1.29, 1.82) is 5.26 Å². The van der Waals surface area contributed by atoms with E-state index in [0.717, 1.165) is 10.6 Å². The Hall–Kier alpha value is -2.86. The third kappa shape index (κ3) is 3.47. The second kappa shape index (κ2) is 7.28. The van der Waals surface area contributed by atoms with E-state index in [2.05, 4.69) is 11.2 Å². The van der Waals surface area contributed by atoms with E-state index >= 15 is 0 Å². The third-order valence-electron chi connectivity index (χ3n) is 5.09. The van der Waals surface area contributed by atoms with Crippen LogP contribution in [0.2, 0.25) is 0 Å². The first kappa shape index (κ1) is 19.9. The van der Waals surface area contributed by atoms with Crippen molar-refractivity contribution in [2.45, 2.75) is 37.5 Å². The summed E-state index contributed by atoms with van der Waals surface area (Å²) in [6, 6.07) is 10.9. The van der Waals surface area contributed by atoms with Gasteiger partial charge in [0.2, 0.25) is 5.60 Å². The molecule has 1 aliphatic heterocycles. The summed E-state index contributed by atoms with van der Waals surface area (Å²) in [6.45, 7) is 0.678. The fourth-order valence-corrected chi connectivity index (χ4v) is 3.38. The van der Waals surface area contributed by atoms with Crippen LogP contribution < -0.4 is 0 Å². The first-order valence-electron chi connectivity index (χ1n) is 8.78. The predicted molar refractivity (Wildman–Crippen MR) is 93.5 cm³/mol. The maximum absolute atomic E-state index is 12.9. The maximum atomic E-state index is 12.9. The molecule has 1 saturated heterocycles. The molecule has 1 aromatic carbocycles. The molecule has 1 aromatic heterocycles. The van der Waals surface area contributed by atoms with Crippen molar-refractivity contribution in [3.05, 3.63) is 47.8 Å². The summed E-state index contributed by atoms with van der Waals surface area (Å²) in [6.07, 6.45) is -2.56. The quantitative estimate of drug-likeness (QED) is 0.871. The van der Waals surface area contributed by atoms with Crippen LogP contribution >= 0.6 is 0 Å². The number of nitrogens with zero attached hydrogens (tertiary/aromatic N) is 4. The van der Waals surface area contributed by atoms with Crippen molar-refractivity contribution in [2.75, 3.05) is 13.1 Å². The molecule has 0 aliphatic carbocycles. The normalized spacial score (nSPS) is 17.8. The van der Waals surface area contributed by atoms with Gasteiger partial charge in [-0.2, -0.15) is 23.5 Å². The largest absolute Gasteiger partial charge is 0.426 e. The lowest BCUT2D eigenvalue weighted by Crippen LogP contribution is -2.57. The van der Waals surface area contributed by atoms with Crippen molar-refractivity contribution >= 4 is 5.91 Å². The van der Waals surface area contributed by atoms with Crippen molar-refractivity contribution < 1.29 is 23.1 Å². The highest BCUT2D eigenvalue weighted by Gasteiger charge is 2.57. The number of amides is 1. The summed E-state index contributed by atoms with van der Waals surface area (Å²) in [4.78, 5) is 13.2. The zero-order valence-electron chi connectivity index (χ0n) is 15.1. The number of hydrogen-bond donors (Lipinski definition) is 1. The molecule has 0 spiro atoms. The summed E-state index contributed by atoms with van der Waals surface area (Å²) >= 11 is 0. The average Bonchev–Trinajstić information content (AvgIpc) is 3.16. The van der Waals surface area contributed by atoms with Gasteiger partial charge in [-0.1, -0.05) is 12.1 Å². The van der Waals surface area contributed by atoms with Crippen LogP contribution in [-0.2, 0) is 4.79 Å². The number of rotatable bonds is 3. The van der Waals surface area contributed by atoms with Gasteiger partial charge in [-0.25, -0.2) is 4.68 Å². The lowest BCUT2D eigenvalue weighted by molar-refractivity contribution is -0.250. The molecule has 0 radical (unpaired) electrons. The molecule has 1 aliphatic rings. The van der Waals surface area contributed by atoms with Crippen LogP contribution in [0.4, 0.5) is 13.2 Å². The summed E-state index contributed by atoms with van der Waals surface area (Å²) in [5.74, 6) is -1.36. The standard InChI is InChI=1S/C19H19F3N4O2/c1-18(28,19(20,21)22)17(27)25-10-7-13(8-11-25)16-6-9-24-26(16)15-5-3-2-4-14(15)12-23/h2-6,9,13,28H,7-8,10-11H2,1H3. The lowest BCUT2D eigenvalue weighted by atomic mass is 9.92. The minimum absolute atomic E-state index is 0.0332. The molecule has 1 amide bonds. The van der Waals surface area contributed by atoms with Gasteiger partial charge in [0, 0.05) is 30.9 Å². The molecule has 2 heterocycles. The number of alkyl halides is 3. The Morgan fingerprint density at radius 2 is 1.89 bits per heavy atom. The van der Waals surface area contributed by atoms with Gasteiger partial charge in [0.25, 0.3) is 5.91 Å². The SMILES string of the molecule is CC(O)(C(=O)N1CCC(c2ccnn2-c2ccccc2C#N)CC1)C(F)(F)F. The van der Waals surface area contributed by atoms with Crippen molar-refractivity contribution in [3.8, 4) is 11.8 Å². The molecular formula is C19H19F3N4O2. The first-order valence-corrected chi connectivity index (χ1v) is 8.78. The van der Waals surface area contributed by atoms with Gasteiger partial charge in [0.05, 0.1) is 11.3 Å². The van der Waals surface area contributed by atoms with Crippen LogP contribution in [0.5, 0.6) is 0 Å². The van der Waals surface area contributed by atoms with E-state index in [0.29, 0.717) is 31.0 Å². The predicted octanol–water partition coefficient (Wildman–Crippen LogP) is 2.76. The summed E-state index contributed by atoms with van der Waals surface area (Å²) in [7, 11) is 0. The zero-order chi connectivity index (χ0) is 20.5. The molecule has 1 atom stereocenters. The molecule has 6 nitrogen and oxygen atoms in total. The van der Waals surface area contributed by atoms with Gasteiger partial charge >= 0.3 is 6.18 Å². The van der Waals surface area contributed by atoms with Crippen LogP contribution in [0.25, 0.3) is 5.69 Å². The number of para-hydroxylation sites is 1. The Bertz CT molecular complexity index is 906. The van der Waals surface area contributed by atoms with Crippen LogP contribution in [0.3, 0.4) is 0 Å². The molecule has 28 heavy (non-hydrogen) atoms. The highest BCUT2D eigenvalue weighted by atomic mass is 19.4. The van der Waals surface area contributed by atoms with E-state index in [1.165, 1.54) is 0 Å². The van der Waals surface area contributed by atoms with E-state index in [-0.39, 0.29) is 19.0 Å². The molecule has 0 saturated carbocycles. The van der Waals surface area contributed by atoms with Crippen molar-refractivity contribution in [1.82, 2.24) is 14.7 Å².